The molecule has 0 atom stereocenters. The van der Waals surface area contributed by atoms with E-state index in [1.165, 1.54) is 0 Å². The van der Waals surface area contributed by atoms with Crippen molar-refractivity contribution in [2.45, 2.75) is 12.6 Å². The molecule has 0 amide bonds. The molecule has 23 heavy (non-hydrogen) atoms. The number of fused-ring (bicyclic) bond motifs is 1. The minimum absolute atomic E-state index is 0.0134. The molecule has 9 heteroatoms. The quantitative estimate of drug-likeness (QED) is 0.911. The van der Waals surface area contributed by atoms with E-state index in [0.717, 1.165) is 18.2 Å². The van der Waals surface area contributed by atoms with E-state index in [2.05, 4.69) is 9.68 Å². The van der Waals surface area contributed by atoms with Crippen LogP contribution >= 0.6 is 0 Å². The van der Waals surface area contributed by atoms with Gasteiger partial charge in [-0.2, -0.15) is 13.2 Å². The minimum atomic E-state index is -4.68. The number of halogens is 3. The van der Waals surface area contributed by atoms with Crippen molar-refractivity contribution in [2.75, 3.05) is 13.2 Å². The average Bonchev–Trinajstić information content (AvgIpc) is 2.85. The second kappa shape index (κ2) is 5.49. The van der Waals surface area contributed by atoms with Crippen molar-refractivity contribution in [3.8, 4) is 22.8 Å². The molecule has 1 aliphatic heterocycles. The van der Waals surface area contributed by atoms with E-state index in [1.807, 2.05) is 0 Å². The molecule has 2 aromatic rings. The minimum Gasteiger partial charge on any atom is -0.490 e. The van der Waals surface area contributed by atoms with E-state index in [1.54, 1.807) is 0 Å². The summed E-state index contributed by atoms with van der Waals surface area (Å²) < 4.78 is 55.0. The molecule has 0 unspecified atom stereocenters. The Morgan fingerprint density at radius 1 is 1.13 bits per heavy atom. The Morgan fingerprint density at radius 3 is 2.35 bits per heavy atom. The van der Waals surface area contributed by atoms with Crippen LogP contribution in [0.1, 0.15) is 22.5 Å². The molecule has 0 aliphatic carbocycles. The molecule has 122 valence electrons. The number of benzene rings is 1. The maximum Gasteiger partial charge on any atom is 0.417 e. The standard InChI is InChI=1S/C14H10F3NO5/c15-14(16,17)8-5-11-10(21-2-1-3-22-11)4-7(8)9-6-12(13(19)20)23-18-9/h4-6H,1-3H2,(H,19,20). The maximum atomic E-state index is 13.3. The number of rotatable bonds is 2. The lowest BCUT2D eigenvalue weighted by Gasteiger charge is -2.15. The molecule has 0 saturated heterocycles. The SMILES string of the molecule is O=C(O)c1cc(-c2cc3c(cc2C(F)(F)F)OCCCO3)no1. The fraction of sp³-hybridized carbons (Fsp3) is 0.286. The molecule has 3 rings (SSSR count). The summed E-state index contributed by atoms with van der Waals surface area (Å²) in [6.45, 7) is 0.549. The number of carboxylic acid groups (broad SMARTS) is 1. The van der Waals surface area contributed by atoms with E-state index in [0.29, 0.717) is 13.0 Å². The van der Waals surface area contributed by atoms with E-state index < -0.39 is 23.5 Å². The molecule has 6 nitrogen and oxygen atoms in total. The predicted molar refractivity (Wildman–Crippen MR) is 69.5 cm³/mol. The zero-order valence-electron chi connectivity index (χ0n) is 11.5. The van der Waals surface area contributed by atoms with Crippen molar-refractivity contribution < 1.29 is 37.1 Å². The number of ether oxygens (including phenoxy) is 2. The number of alkyl halides is 3. The van der Waals surface area contributed by atoms with Crippen molar-refractivity contribution in [2.24, 2.45) is 0 Å². The van der Waals surface area contributed by atoms with Gasteiger partial charge in [0, 0.05) is 18.1 Å². The Bertz CT molecular complexity index is 753. The largest absolute Gasteiger partial charge is 0.490 e. The Hall–Kier alpha value is -2.71. The summed E-state index contributed by atoms with van der Waals surface area (Å²) in [5.74, 6) is -1.85. The third-order valence-corrected chi connectivity index (χ3v) is 3.19. The normalized spacial score (nSPS) is 14.4. The first kappa shape index (κ1) is 15.2. The van der Waals surface area contributed by atoms with Crippen molar-refractivity contribution in [3.05, 3.63) is 29.5 Å². The number of carbonyl (C=O) groups is 1. The molecule has 1 aliphatic rings. The van der Waals surface area contributed by atoms with Crippen LogP contribution in [0, 0.1) is 0 Å². The number of hydrogen-bond acceptors (Lipinski definition) is 5. The smallest absolute Gasteiger partial charge is 0.417 e. The van der Waals surface area contributed by atoms with E-state index in [9.17, 15) is 18.0 Å². The molecule has 0 bridgehead atoms. The van der Waals surface area contributed by atoms with Crippen LogP contribution < -0.4 is 9.47 Å². The number of aromatic carboxylic acids is 1. The molecule has 0 saturated carbocycles. The van der Waals surface area contributed by atoms with E-state index in [-0.39, 0.29) is 29.4 Å². The van der Waals surface area contributed by atoms with E-state index in [4.69, 9.17) is 14.6 Å². The second-order valence-electron chi connectivity index (χ2n) is 4.77. The molecular formula is C14H10F3NO5. The van der Waals surface area contributed by atoms with E-state index >= 15 is 0 Å². The summed E-state index contributed by atoms with van der Waals surface area (Å²) in [4.78, 5) is 10.8. The number of aromatic nitrogens is 1. The van der Waals surface area contributed by atoms with Gasteiger partial charge in [0.25, 0.3) is 0 Å². The lowest BCUT2D eigenvalue weighted by molar-refractivity contribution is -0.137. The van der Waals surface area contributed by atoms with Gasteiger partial charge in [-0.3, -0.25) is 0 Å². The molecule has 1 N–H and O–H groups in total. The zero-order chi connectivity index (χ0) is 16.6. The first-order chi connectivity index (χ1) is 10.9. The Morgan fingerprint density at radius 2 is 1.78 bits per heavy atom. The lowest BCUT2D eigenvalue weighted by atomic mass is 10.0. The summed E-state index contributed by atoms with van der Waals surface area (Å²) in [5, 5.41) is 12.2. The van der Waals surface area contributed by atoms with Crippen LogP contribution in [0.5, 0.6) is 11.5 Å². The third kappa shape index (κ3) is 2.94. The van der Waals surface area contributed by atoms with Gasteiger partial charge in [-0.1, -0.05) is 5.16 Å². The molecule has 0 radical (unpaired) electrons. The van der Waals surface area contributed by atoms with Crippen LogP contribution in [-0.2, 0) is 6.18 Å². The molecule has 0 fully saturated rings. The van der Waals surface area contributed by atoms with Gasteiger partial charge in [0.05, 0.1) is 18.8 Å². The van der Waals surface area contributed by atoms with Crippen LogP contribution in [0.25, 0.3) is 11.3 Å². The Kier molecular flexibility index (Phi) is 3.63. The fourth-order valence-corrected chi connectivity index (χ4v) is 2.16. The zero-order valence-corrected chi connectivity index (χ0v) is 11.5. The van der Waals surface area contributed by atoms with Crippen molar-refractivity contribution in [1.82, 2.24) is 5.16 Å². The molecule has 0 spiro atoms. The van der Waals surface area contributed by atoms with Crippen LogP contribution in [0.15, 0.2) is 22.7 Å². The van der Waals surface area contributed by atoms with Gasteiger partial charge in [-0.25, -0.2) is 4.79 Å². The third-order valence-electron chi connectivity index (χ3n) is 3.19. The van der Waals surface area contributed by atoms with Crippen LogP contribution in [0.4, 0.5) is 13.2 Å². The van der Waals surface area contributed by atoms with Crippen LogP contribution in [0.2, 0.25) is 0 Å². The van der Waals surface area contributed by atoms with Crippen molar-refractivity contribution in [3.63, 3.8) is 0 Å². The highest BCUT2D eigenvalue weighted by Crippen LogP contribution is 2.43. The van der Waals surface area contributed by atoms with Gasteiger partial charge in [0.1, 0.15) is 5.69 Å². The summed E-state index contributed by atoms with van der Waals surface area (Å²) in [5.41, 5.74) is -1.59. The van der Waals surface area contributed by atoms with Gasteiger partial charge >= 0.3 is 12.1 Å². The first-order valence-electron chi connectivity index (χ1n) is 6.57. The van der Waals surface area contributed by atoms with Crippen LogP contribution in [-0.4, -0.2) is 29.4 Å². The molecular weight excluding hydrogens is 319 g/mol. The number of hydrogen-bond donors (Lipinski definition) is 1. The van der Waals surface area contributed by atoms with Crippen molar-refractivity contribution >= 4 is 5.97 Å². The van der Waals surface area contributed by atoms with Crippen LogP contribution in [0.3, 0.4) is 0 Å². The van der Waals surface area contributed by atoms with Gasteiger partial charge in [-0.15, -0.1) is 0 Å². The van der Waals surface area contributed by atoms with Gasteiger partial charge in [-0.05, 0) is 12.1 Å². The maximum absolute atomic E-state index is 13.3. The van der Waals surface area contributed by atoms with Gasteiger partial charge in [0.15, 0.2) is 11.5 Å². The summed E-state index contributed by atoms with van der Waals surface area (Å²) in [7, 11) is 0. The number of nitrogens with zero attached hydrogens (tertiary/aromatic N) is 1. The molecule has 1 aromatic heterocycles. The second-order valence-corrected chi connectivity index (χ2v) is 4.77. The monoisotopic (exact) mass is 329 g/mol. The first-order valence-corrected chi connectivity index (χ1v) is 6.57. The lowest BCUT2D eigenvalue weighted by Crippen LogP contribution is -2.08. The molecule has 2 heterocycles. The topological polar surface area (TPSA) is 81.8 Å². The summed E-state index contributed by atoms with van der Waals surface area (Å²) in [6, 6.07) is 2.88. The van der Waals surface area contributed by atoms with Crippen molar-refractivity contribution in [1.29, 1.82) is 0 Å². The predicted octanol–water partition coefficient (Wildman–Crippen LogP) is 3.22. The fourth-order valence-electron chi connectivity index (χ4n) is 2.16. The van der Waals surface area contributed by atoms with Gasteiger partial charge < -0.3 is 19.1 Å². The highest BCUT2D eigenvalue weighted by atomic mass is 19.4. The Balaban J connectivity index is 2.16. The number of carboxylic acids is 1. The average molecular weight is 329 g/mol. The van der Waals surface area contributed by atoms with Gasteiger partial charge in [0.2, 0.25) is 5.76 Å². The highest BCUT2D eigenvalue weighted by Gasteiger charge is 2.36. The summed E-state index contributed by atoms with van der Waals surface area (Å²) in [6.07, 6.45) is -4.14. The summed E-state index contributed by atoms with van der Waals surface area (Å²) >= 11 is 0. The Labute approximate surface area is 127 Å². The molecule has 1 aromatic carbocycles. The highest BCUT2D eigenvalue weighted by molar-refractivity contribution is 5.86.